The van der Waals surface area contributed by atoms with Gasteiger partial charge in [0.05, 0.1) is 22.8 Å². The molecule has 1 unspecified atom stereocenters. The first-order chi connectivity index (χ1) is 9.62. The molecule has 0 amide bonds. The average molecular weight is 294 g/mol. The third-order valence-electron chi connectivity index (χ3n) is 3.64. The number of nitrogens with one attached hydrogen (secondary N) is 2. The van der Waals surface area contributed by atoms with Crippen LogP contribution in [-0.4, -0.2) is 48.1 Å². The van der Waals surface area contributed by atoms with Crippen LogP contribution in [-0.2, 0) is 10.0 Å². The predicted molar refractivity (Wildman–Crippen MR) is 77.9 cm³/mol. The highest BCUT2D eigenvalue weighted by atomic mass is 32.2. The van der Waals surface area contributed by atoms with E-state index in [0.717, 1.165) is 11.0 Å². The first-order valence-corrected chi connectivity index (χ1v) is 8.37. The Bertz CT molecular complexity index is 677. The molecule has 3 rings (SSSR count). The summed E-state index contributed by atoms with van der Waals surface area (Å²) in [6.45, 7) is 3.42. The third kappa shape index (κ3) is 2.32. The van der Waals surface area contributed by atoms with Gasteiger partial charge in [0.1, 0.15) is 5.82 Å². The van der Waals surface area contributed by atoms with Crippen LogP contribution in [0.5, 0.6) is 0 Å². The molecular weight excluding hydrogens is 276 g/mol. The van der Waals surface area contributed by atoms with E-state index in [2.05, 4.69) is 15.3 Å². The summed E-state index contributed by atoms with van der Waals surface area (Å²) < 4.78 is 26.0. The van der Waals surface area contributed by atoms with Crippen molar-refractivity contribution in [3.63, 3.8) is 0 Å². The standard InChI is InChI=1S/C13H18N4O2S/c1-2-20(18,19)17-8-7-14-9-12(17)13-15-10-5-3-4-6-11(10)16-13/h3-6,12,14H,2,7-9H2,1H3,(H,15,16). The van der Waals surface area contributed by atoms with Gasteiger partial charge in [0.15, 0.2) is 0 Å². The smallest absolute Gasteiger partial charge is 0.214 e. The maximum Gasteiger partial charge on any atom is 0.214 e. The average Bonchev–Trinajstić information content (AvgIpc) is 2.91. The van der Waals surface area contributed by atoms with Crippen molar-refractivity contribution in [1.29, 1.82) is 0 Å². The van der Waals surface area contributed by atoms with Gasteiger partial charge >= 0.3 is 0 Å². The van der Waals surface area contributed by atoms with E-state index >= 15 is 0 Å². The molecule has 0 bridgehead atoms. The highest BCUT2D eigenvalue weighted by Gasteiger charge is 2.33. The van der Waals surface area contributed by atoms with Crippen molar-refractivity contribution in [2.24, 2.45) is 0 Å². The number of nitrogens with zero attached hydrogens (tertiary/aromatic N) is 2. The van der Waals surface area contributed by atoms with Gasteiger partial charge in [0.25, 0.3) is 0 Å². The second-order valence-electron chi connectivity index (χ2n) is 4.87. The van der Waals surface area contributed by atoms with Crippen molar-refractivity contribution in [3.8, 4) is 0 Å². The quantitative estimate of drug-likeness (QED) is 0.880. The van der Waals surface area contributed by atoms with Crippen molar-refractivity contribution >= 4 is 21.1 Å². The van der Waals surface area contributed by atoms with Gasteiger partial charge in [-0.1, -0.05) is 12.1 Å². The zero-order chi connectivity index (χ0) is 14.2. The Morgan fingerprint density at radius 2 is 2.20 bits per heavy atom. The first-order valence-electron chi connectivity index (χ1n) is 6.76. The van der Waals surface area contributed by atoms with Gasteiger partial charge in [-0.2, -0.15) is 4.31 Å². The Kier molecular flexibility index (Phi) is 3.49. The summed E-state index contributed by atoms with van der Waals surface area (Å²) in [4.78, 5) is 7.77. The Hall–Kier alpha value is -1.44. The molecule has 1 aromatic heterocycles. The van der Waals surface area contributed by atoms with Crippen molar-refractivity contribution in [2.75, 3.05) is 25.4 Å². The minimum Gasteiger partial charge on any atom is -0.341 e. The van der Waals surface area contributed by atoms with Crippen LogP contribution in [0.15, 0.2) is 24.3 Å². The predicted octanol–water partition coefficient (Wildman–Crippen LogP) is 0.859. The lowest BCUT2D eigenvalue weighted by Gasteiger charge is -2.33. The van der Waals surface area contributed by atoms with Crippen LogP contribution in [0, 0.1) is 0 Å². The second kappa shape index (κ2) is 5.16. The van der Waals surface area contributed by atoms with Crippen LogP contribution in [0.25, 0.3) is 11.0 Å². The largest absolute Gasteiger partial charge is 0.341 e. The zero-order valence-electron chi connectivity index (χ0n) is 11.3. The second-order valence-corrected chi connectivity index (χ2v) is 7.08. The van der Waals surface area contributed by atoms with Crippen molar-refractivity contribution in [1.82, 2.24) is 19.6 Å². The van der Waals surface area contributed by atoms with E-state index in [1.807, 2.05) is 24.3 Å². The molecule has 2 heterocycles. The molecule has 1 fully saturated rings. The van der Waals surface area contributed by atoms with E-state index in [1.165, 1.54) is 0 Å². The number of hydrogen-bond donors (Lipinski definition) is 2. The number of aromatic amines is 1. The molecule has 1 saturated heterocycles. The Morgan fingerprint density at radius 3 is 2.95 bits per heavy atom. The molecule has 1 aromatic carbocycles. The lowest BCUT2D eigenvalue weighted by molar-refractivity contribution is 0.264. The number of fused-ring (bicyclic) bond motifs is 1. The molecule has 0 radical (unpaired) electrons. The number of hydrogen-bond acceptors (Lipinski definition) is 4. The fraction of sp³-hybridized carbons (Fsp3) is 0.462. The summed E-state index contributed by atoms with van der Waals surface area (Å²) >= 11 is 0. The number of rotatable bonds is 3. The van der Waals surface area contributed by atoms with E-state index in [1.54, 1.807) is 11.2 Å². The van der Waals surface area contributed by atoms with Crippen LogP contribution < -0.4 is 5.32 Å². The van der Waals surface area contributed by atoms with Crippen LogP contribution in [0.4, 0.5) is 0 Å². The van der Waals surface area contributed by atoms with Crippen molar-refractivity contribution < 1.29 is 8.42 Å². The minimum absolute atomic E-state index is 0.115. The molecule has 1 aliphatic heterocycles. The monoisotopic (exact) mass is 294 g/mol. The fourth-order valence-corrected chi connectivity index (χ4v) is 3.81. The summed E-state index contributed by atoms with van der Waals surface area (Å²) in [6, 6.07) is 7.46. The summed E-state index contributed by atoms with van der Waals surface area (Å²) in [6.07, 6.45) is 0. The van der Waals surface area contributed by atoms with Crippen LogP contribution in [0.2, 0.25) is 0 Å². The molecule has 7 heteroatoms. The maximum atomic E-state index is 12.2. The summed E-state index contributed by atoms with van der Waals surface area (Å²) in [5.74, 6) is 0.819. The molecule has 1 atom stereocenters. The first kappa shape index (κ1) is 13.5. The van der Waals surface area contributed by atoms with Gasteiger partial charge in [0, 0.05) is 19.6 Å². The molecule has 2 N–H and O–H groups in total. The van der Waals surface area contributed by atoms with Gasteiger partial charge in [-0.05, 0) is 19.1 Å². The van der Waals surface area contributed by atoms with Crippen LogP contribution >= 0.6 is 0 Å². The Morgan fingerprint density at radius 1 is 1.40 bits per heavy atom. The molecule has 0 saturated carbocycles. The lowest BCUT2D eigenvalue weighted by Crippen LogP contribution is -2.49. The zero-order valence-corrected chi connectivity index (χ0v) is 12.2. The number of imidazole rings is 1. The van der Waals surface area contributed by atoms with Gasteiger partial charge in [-0.25, -0.2) is 13.4 Å². The number of H-pyrrole nitrogens is 1. The van der Waals surface area contributed by atoms with Gasteiger partial charge < -0.3 is 10.3 Å². The number of piperazine rings is 1. The van der Waals surface area contributed by atoms with E-state index in [0.29, 0.717) is 25.5 Å². The number of benzene rings is 1. The number of para-hydroxylation sites is 2. The van der Waals surface area contributed by atoms with Crippen LogP contribution in [0.1, 0.15) is 18.8 Å². The van der Waals surface area contributed by atoms with Crippen molar-refractivity contribution in [2.45, 2.75) is 13.0 Å². The van der Waals surface area contributed by atoms with E-state index in [9.17, 15) is 8.42 Å². The fourth-order valence-electron chi connectivity index (χ4n) is 2.55. The van der Waals surface area contributed by atoms with Gasteiger partial charge in [0.2, 0.25) is 10.0 Å². The molecule has 108 valence electrons. The molecule has 2 aromatic rings. The van der Waals surface area contributed by atoms with E-state index in [4.69, 9.17) is 0 Å². The maximum absolute atomic E-state index is 12.2. The Labute approximate surface area is 118 Å². The summed E-state index contributed by atoms with van der Waals surface area (Å²) in [7, 11) is -3.22. The topological polar surface area (TPSA) is 78.1 Å². The molecule has 1 aliphatic rings. The van der Waals surface area contributed by atoms with Gasteiger partial charge in [-0.15, -0.1) is 0 Å². The Balaban J connectivity index is 2.01. The molecular formula is C13H18N4O2S. The van der Waals surface area contributed by atoms with Crippen LogP contribution in [0.3, 0.4) is 0 Å². The normalized spacial score (nSPS) is 21.4. The highest BCUT2D eigenvalue weighted by molar-refractivity contribution is 7.89. The number of aromatic nitrogens is 2. The molecule has 0 spiro atoms. The third-order valence-corrected chi connectivity index (χ3v) is 5.52. The summed E-state index contributed by atoms with van der Waals surface area (Å²) in [5.41, 5.74) is 1.80. The molecule has 6 nitrogen and oxygen atoms in total. The van der Waals surface area contributed by atoms with Gasteiger partial charge in [-0.3, -0.25) is 0 Å². The summed E-state index contributed by atoms with van der Waals surface area (Å²) in [5, 5.41) is 3.24. The lowest BCUT2D eigenvalue weighted by atomic mass is 10.2. The SMILES string of the molecule is CCS(=O)(=O)N1CCNCC1c1nc2ccccc2[nH]1. The molecule has 20 heavy (non-hydrogen) atoms. The minimum atomic E-state index is -3.22. The number of sulfonamides is 1. The highest BCUT2D eigenvalue weighted by Crippen LogP contribution is 2.25. The van der Waals surface area contributed by atoms with Crippen molar-refractivity contribution in [3.05, 3.63) is 30.1 Å². The van der Waals surface area contributed by atoms with E-state index in [-0.39, 0.29) is 11.8 Å². The molecule has 0 aliphatic carbocycles. The van der Waals surface area contributed by atoms with E-state index < -0.39 is 10.0 Å².